The summed E-state index contributed by atoms with van der Waals surface area (Å²) in [5.41, 5.74) is -0.0974. The number of aromatic nitrogens is 3. The molecule has 1 aliphatic rings. The maximum atomic E-state index is 13.7. The number of benzene rings is 1. The van der Waals surface area contributed by atoms with E-state index in [2.05, 4.69) is 37.8 Å². The molecule has 1 aromatic carbocycles. The number of nitrogens with one attached hydrogen (secondary N) is 3. The number of rotatable bonds is 11. The van der Waals surface area contributed by atoms with Crippen molar-refractivity contribution in [2.45, 2.75) is 63.6 Å². The van der Waals surface area contributed by atoms with Gasteiger partial charge in [0.05, 0.1) is 17.3 Å². The van der Waals surface area contributed by atoms with Crippen LogP contribution in [-0.2, 0) is 16.1 Å². The van der Waals surface area contributed by atoms with Crippen molar-refractivity contribution in [3.05, 3.63) is 59.3 Å². The Hall–Kier alpha value is -3.53. The van der Waals surface area contributed by atoms with Crippen LogP contribution in [0.4, 0.5) is 15.0 Å². The number of unbranched alkanes of at least 4 members (excludes halogenated alkanes) is 1. The molecule has 0 spiro atoms. The number of ether oxygens (including phenoxy) is 1. The van der Waals surface area contributed by atoms with Crippen LogP contribution >= 0.6 is 11.6 Å². The number of halogens is 2. The summed E-state index contributed by atoms with van der Waals surface area (Å²) in [6.45, 7) is 4.40. The zero-order valence-electron chi connectivity index (χ0n) is 20.8. The van der Waals surface area contributed by atoms with Crippen molar-refractivity contribution in [2.75, 3.05) is 11.9 Å². The molecule has 0 aliphatic heterocycles. The number of alkyl carbamates (subject to hydrolysis) is 1. The molecule has 4 rings (SSSR count). The molecular weight excluding hydrogens is 499 g/mol. The monoisotopic (exact) mass is 528 g/mol. The van der Waals surface area contributed by atoms with Crippen LogP contribution in [0.15, 0.2) is 42.6 Å². The highest BCUT2D eigenvalue weighted by atomic mass is 35.5. The van der Waals surface area contributed by atoms with Crippen LogP contribution in [-0.4, -0.2) is 44.6 Å². The second-order valence-corrected chi connectivity index (χ2v) is 9.94. The van der Waals surface area contributed by atoms with E-state index in [1.807, 2.05) is 37.3 Å². The highest BCUT2D eigenvalue weighted by Gasteiger charge is 2.52. The van der Waals surface area contributed by atoms with Crippen molar-refractivity contribution >= 4 is 40.5 Å². The van der Waals surface area contributed by atoms with Gasteiger partial charge in [0.1, 0.15) is 23.5 Å². The molecule has 1 atom stereocenters. The van der Waals surface area contributed by atoms with Crippen molar-refractivity contribution in [1.82, 2.24) is 25.6 Å². The summed E-state index contributed by atoms with van der Waals surface area (Å²) in [6, 6.07) is 10.6. The lowest BCUT2D eigenvalue weighted by atomic mass is 9.94. The Morgan fingerprint density at radius 3 is 2.68 bits per heavy atom. The van der Waals surface area contributed by atoms with Crippen LogP contribution in [0.3, 0.4) is 0 Å². The van der Waals surface area contributed by atoms with Gasteiger partial charge in [-0.05, 0) is 43.4 Å². The molecule has 37 heavy (non-hydrogen) atoms. The molecule has 2 heterocycles. The fourth-order valence-corrected chi connectivity index (χ4v) is 4.21. The lowest BCUT2D eigenvalue weighted by Gasteiger charge is -2.32. The quantitative estimate of drug-likeness (QED) is 0.307. The molecule has 1 aliphatic carbocycles. The maximum Gasteiger partial charge on any atom is 0.408 e. The number of hydrogen-bond donors (Lipinski definition) is 3. The van der Waals surface area contributed by atoms with Crippen molar-refractivity contribution in [3.63, 3.8) is 0 Å². The molecule has 196 valence electrons. The third kappa shape index (κ3) is 6.82. The fraction of sp³-hybridized carbons (Fsp3) is 0.423. The number of anilines is 1. The zero-order valence-corrected chi connectivity index (χ0v) is 21.6. The topological polar surface area (TPSA) is 118 Å². The molecule has 2 amide bonds. The molecule has 3 N–H and O–H groups in total. The third-order valence-electron chi connectivity index (χ3n) is 6.36. The van der Waals surface area contributed by atoms with Crippen molar-refractivity contribution in [2.24, 2.45) is 0 Å². The SMILES string of the molecule is CCCC[C@](C)(CNC(=O)C1(NC(=O)OCc2ccccc2)CC1)Nc1nc(Cl)nc2cc(F)cnc12. The minimum atomic E-state index is -0.983. The first kappa shape index (κ1) is 26.5. The summed E-state index contributed by atoms with van der Waals surface area (Å²) in [7, 11) is 0. The first-order valence-corrected chi connectivity index (χ1v) is 12.6. The van der Waals surface area contributed by atoms with Gasteiger partial charge >= 0.3 is 6.09 Å². The van der Waals surface area contributed by atoms with Gasteiger partial charge in [-0.25, -0.2) is 19.2 Å². The van der Waals surface area contributed by atoms with E-state index in [1.165, 1.54) is 6.07 Å². The molecule has 3 aromatic rings. The van der Waals surface area contributed by atoms with Gasteiger partial charge in [-0.3, -0.25) is 4.79 Å². The molecule has 0 unspecified atom stereocenters. The number of hydrogen-bond acceptors (Lipinski definition) is 7. The summed E-state index contributed by atoms with van der Waals surface area (Å²) in [6.07, 6.45) is 4.04. The van der Waals surface area contributed by atoms with E-state index in [-0.39, 0.29) is 29.9 Å². The highest BCUT2D eigenvalue weighted by molar-refractivity contribution is 6.28. The molecule has 0 bridgehead atoms. The van der Waals surface area contributed by atoms with Gasteiger partial charge in [-0.1, -0.05) is 50.1 Å². The number of carbonyl (C=O) groups excluding carboxylic acids is 2. The lowest BCUT2D eigenvalue weighted by Crippen LogP contribution is -2.54. The fourth-order valence-electron chi connectivity index (χ4n) is 4.03. The standard InChI is InChI=1S/C26H30ClFN6O3/c1-3-4-10-25(2,33-21-20-19(31-23(27)32-21)13-18(28)14-29-20)16-30-22(35)26(11-12-26)34-24(36)37-15-17-8-6-5-7-9-17/h5-9,13-14H,3-4,10-12,15-16H2,1-2H3,(H,30,35)(H,34,36)(H,31,32,33)/t25-/m1/s1. The Morgan fingerprint density at radius 1 is 1.22 bits per heavy atom. The minimum Gasteiger partial charge on any atom is -0.445 e. The Bertz CT molecular complexity index is 1270. The Labute approximate surface area is 219 Å². The minimum absolute atomic E-state index is 0.0422. The third-order valence-corrected chi connectivity index (χ3v) is 6.52. The molecule has 1 fully saturated rings. The number of nitrogens with zero attached hydrogens (tertiary/aromatic N) is 3. The first-order chi connectivity index (χ1) is 17.7. The van der Waals surface area contributed by atoms with Gasteiger partial charge < -0.3 is 20.7 Å². The van der Waals surface area contributed by atoms with Crippen LogP contribution in [0.25, 0.3) is 11.0 Å². The maximum absolute atomic E-state index is 13.7. The summed E-state index contributed by atoms with van der Waals surface area (Å²) >= 11 is 6.08. The van der Waals surface area contributed by atoms with Gasteiger partial charge in [0, 0.05) is 12.6 Å². The Kier molecular flexibility index (Phi) is 8.06. The van der Waals surface area contributed by atoms with Crippen molar-refractivity contribution in [3.8, 4) is 0 Å². The van der Waals surface area contributed by atoms with Gasteiger partial charge in [-0.15, -0.1) is 0 Å². The summed E-state index contributed by atoms with van der Waals surface area (Å²) in [5.74, 6) is -0.454. The number of amides is 2. The summed E-state index contributed by atoms with van der Waals surface area (Å²) < 4.78 is 19.0. The summed E-state index contributed by atoms with van der Waals surface area (Å²) in [5, 5.41) is 9.01. The normalized spacial score (nSPS) is 15.5. The van der Waals surface area contributed by atoms with E-state index in [9.17, 15) is 14.0 Å². The van der Waals surface area contributed by atoms with Crippen LogP contribution in [0, 0.1) is 5.82 Å². The predicted octanol–water partition coefficient (Wildman–Crippen LogP) is 4.75. The number of fused-ring (bicyclic) bond motifs is 1. The van der Waals surface area contributed by atoms with Crippen LogP contribution in [0.5, 0.6) is 0 Å². The second kappa shape index (κ2) is 11.2. The van der Waals surface area contributed by atoms with Crippen molar-refractivity contribution in [1.29, 1.82) is 0 Å². The number of carbonyl (C=O) groups is 2. The van der Waals surface area contributed by atoms with Crippen LogP contribution in [0.2, 0.25) is 5.28 Å². The van der Waals surface area contributed by atoms with Gasteiger partial charge in [-0.2, -0.15) is 4.98 Å². The summed E-state index contributed by atoms with van der Waals surface area (Å²) in [4.78, 5) is 37.9. The van der Waals surface area contributed by atoms with E-state index >= 15 is 0 Å². The lowest BCUT2D eigenvalue weighted by molar-refractivity contribution is -0.124. The predicted molar refractivity (Wildman–Crippen MR) is 139 cm³/mol. The van der Waals surface area contributed by atoms with E-state index in [4.69, 9.17) is 16.3 Å². The molecule has 11 heteroatoms. The Balaban J connectivity index is 1.41. The van der Waals surface area contributed by atoms with Crippen LogP contribution < -0.4 is 16.0 Å². The van der Waals surface area contributed by atoms with Gasteiger partial charge in [0.15, 0.2) is 5.82 Å². The second-order valence-electron chi connectivity index (χ2n) is 9.60. The number of pyridine rings is 1. The van der Waals surface area contributed by atoms with Gasteiger partial charge in [0.2, 0.25) is 11.2 Å². The molecular formula is C26H30ClFN6O3. The molecule has 0 saturated heterocycles. The van der Waals surface area contributed by atoms with E-state index in [0.717, 1.165) is 24.6 Å². The molecule has 1 saturated carbocycles. The van der Waals surface area contributed by atoms with Gasteiger partial charge in [0.25, 0.3) is 0 Å². The first-order valence-electron chi connectivity index (χ1n) is 12.3. The van der Waals surface area contributed by atoms with E-state index in [1.54, 1.807) is 0 Å². The van der Waals surface area contributed by atoms with E-state index < -0.39 is 23.0 Å². The molecule has 0 radical (unpaired) electrons. The average molecular weight is 529 g/mol. The van der Waals surface area contributed by atoms with Crippen molar-refractivity contribution < 1.29 is 18.7 Å². The highest BCUT2D eigenvalue weighted by Crippen LogP contribution is 2.36. The smallest absolute Gasteiger partial charge is 0.408 e. The molecule has 9 nitrogen and oxygen atoms in total. The average Bonchev–Trinajstić information content (AvgIpc) is 3.65. The molecule has 2 aromatic heterocycles. The zero-order chi connectivity index (χ0) is 26.5. The van der Waals surface area contributed by atoms with Crippen LogP contribution in [0.1, 0.15) is 51.5 Å². The largest absolute Gasteiger partial charge is 0.445 e. The van der Waals surface area contributed by atoms with E-state index in [0.29, 0.717) is 30.6 Å². The Morgan fingerprint density at radius 2 is 1.97 bits per heavy atom.